The molecule has 3 nitrogen and oxygen atoms in total. The number of nitrogens with one attached hydrogen (secondary N) is 1. The Bertz CT molecular complexity index is 217. The lowest BCUT2D eigenvalue weighted by Gasteiger charge is -2.35. The fraction of sp³-hybridized carbons (Fsp3) is 1.00. The van der Waals surface area contributed by atoms with E-state index in [1.54, 1.807) is 0 Å². The van der Waals surface area contributed by atoms with Crippen molar-refractivity contribution >= 4 is 0 Å². The van der Waals surface area contributed by atoms with Crippen LogP contribution in [-0.2, 0) is 0 Å². The molecule has 2 saturated heterocycles. The van der Waals surface area contributed by atoms with E-state index in [0.29, 0.717) is 6.42 Å². The third kappa shape index (κ3) is 3.64. The molecule has 0 radical (unpaired) electrons. The first-order valence-electron chi connectivity index (χ1n) is 6.19. The maximum atomic E-state index is 13.2. The topological polar surface area (TPSA) is 18.5 Å². The van der Waals surface area contributed by atoms with Gasteiger partial charge in [0, 0.05) is 45.7 Å². The van der Waals surface area contributed by atoms with Crippen molar-refractivity contribution < 1.29 is 8.78 Å². The molecule has 0 aromatic heterocycles. The number of piperazine rings is 1. The van der Waals surface area contributed by atoms with Crippen LogP contribution in [0.4, 0.5) is 8.78 Å². The zero-order valence-electron chi connectivity index (χ0n) is 9.72. The number of likely N-dealkylation sites (tertiary alicyclic amines) is 1. The van der Waals surface area contributed by atoms with Crippen molar-refractivity contribution in [1.29, 1.82) is 0 Å². The second-order valence-corrected chi connectivity index (χ2v) is 4.83. The van der Waals surface area contributed by atoms with E-state index in [1.165, 1.54) is 0 Å². The maximum Gasteiger partial charge on any atom is 0.260 e. The van der Waals surface area contributed by atoms with Crippen molar-refractivity contribution in [3.8, 4) is 0 Å². The number of nitrogens with zero attached hydrogens (tertiary/aromatic N) is 2. The van der Waals surface area contributed by atoms with Crippen LogP contribution in [0.15, 0.2) is 0 Å². The SMILES string of the molecule is FC1(F)CCCN(CCN2CCNCC2)C1. The average molecular weight is 233 g/mol. The number of piperidine rings is 1. The summed E-state index contributed by atoms with van der Waals surface area (Å²) in [6, 6.07) is 0. The van der Waals surface area contributed by atoms with Crippen LogP contribution in [0.1, 0.15) is 12.8 Å². The van der Waals surface area contributed by atoms with E-state index in [0.717, 1.165) is 45.8 Å². The highest BCUT2D eigenvalue weighted by Crippen LogP contribution is 2.26. The monoisotopic (exact) mass is 233 g/mol. The van der Waals surface area contributed by atoms with Crippen molar-refractivity contribution in [2.75, 3.05) is 52.4 Å². The Hall–Kier alpha value is -0.260. The van der Waals surface area contributed by atoms with Crippen LogP contribution in [0.3, 0.4) is 0 Å². The Morgan fingerprint density at radius 3 is 2.38 bits per heavy atom. The molecule has 0 unspecified atom stereocenters. The van der Waals surface area contributed by atoms with Gasteiger partial charge in [-0.1, -0.05) is 0 Å². The van der Waals surface area contributed by atoms with E-state index < -0.39 is 5.92 Å². The number of hydrogen-bond acceptors (Lipinski definition) is 3. The van der Waals surface area contributed by atoms with Gasteiger partial charge in [-0.15, -0.1) is 0 Å². The number of rotatable bonds is 3. The highest BCUT2D eigenvalue weighted by Gasteiger charge is 2.34. The van der Waals surface area contributed by atoms with E-state index in [4.69, 9.17) is 0 Å². The van der Waals surface area contributed by atoms with Crippen molar-refractivity contribution in [1.82, 2.24) is 15.1 Å². The van der Waals surface area contributed by atoms with E-state index in [2.05, 4.69) is 10.2 Å². The van der Waals surface area contributed by atoms with Crippen LogP contribution in [0, 0.1) is 0 Å². The molecule has 0 aromatic rings. The van der Waals surface area contributed by atoms with Crippen LogP contribution in [0.5, 0.6) is 0 Å². The number of halogens is 2. The van der Waals surface area contributed by atoms with Gasteiger partial charge in [0.2, 0.25) is 0 Å². The molecule has 1 N–H and O–H groups in total. The Kier molecular flexibility index (Phi) is 4.10. The van der Waals surface area contributed by atoms with Crippen LogP contribution in [0.25, 0.3) is 0 Å². The second kappa shape index (κ2) is 5.38. The average Bonchev–Trinajstić information content (AvgIpc) is 2.27. The van der Waals surface area contributed by atoms with Gasteiger partial charge in [0.1, 0.15) is 0 Å². The zero-order chi connectivity index (χ0) is 11.4. The summed E-state index contributed by atoms with van der Waals surface area (Å²) in [6.07, 6.45) is 0.700. The molecule has 16 heavy (non-hydrogen) atoms. The summed E-state index contributed by atoms with van der Waals surface area (Å²) in [5.74, 6) is -2.46. The fourth-order valence-electron chi connectivity index (χ4n) is 2.46. The first-order chi connectivity index (χ1) is 7.66. The molecule has 94 valence electrons. The Morgan fingerprint density at radius 2 is 1.69 bits per heavy atom. The van der Waals surface area contributed by atoms with Gasteiger partial charge in [-0.05, 0) is 13.0 Å². The van der Waals surface area contributed by atoms with Gasteiger partial charge in [0.05, 0.1) is 6.54 Å². The van der Waals surface area contributed by atoms with Gasteiger partial charge >= 0.3 is 0 Å². The fourth-order valence-corrected chi connectivity index (χ4v) is 2.46. The highest BCUT2D eigenvalue weighted by atomic mass is 19.3. The summed E-state index contributed by atoms with van der Waals surface area (Å²) in [5, 5.41) is 3.29. The predicted molar refractivity (Wildman–Crippen MR) is 59.9 cm³/mol. The summed E-state index contributed by atoms with van der Waals surface area (Å²) in [4.78, 5) is 4.26. The molecular formula is C11H21F2N3. The maximum absolute atomic E-state index is 13.2. The van der Waals surface area contributed by atoms with E-state index in [-0.39, 0.29) is 13.0 Å². The summed E-state index contributed by atoms with van der Waals surface area (Å²) >= 11 is 0. The molecule has 0 atom stereocenters. The summed E-state index contributed by atoms with van der Waals surface area (Å²) in [7, 11) is 0. The molecule has 2 heterocycles. The molecule has 0 aromatic carbocycles. The van der Waals surface area contributed by atoms with Crippen LogP contribution in [0.2, 0.25) is 0 Å². The van der Waals surface area contributed by atoms with Gasteiger partial charge in [-0.25, -0.2) is 8.78 Å². The molecule has 2 aliphatic heterocycles. The Labute approximate surface area is 95.8 Å². The summed E-state index contributed by atoms with van der Waals surface area (Å²) in [6.45, 7) is 6.65. The molecule has 2 aliphatic rings. The van der Waals surface area contributed by atoms with Crippen molar-refractivity contribution in [3.63, 3.8) is 0 Å². The third-order valence-corrected chi connectivity index (χ3v) is 3.41. The zero-order valence-corrected chi connectivity index (χ0v) is 9.72. The lowest BCUT2D eigenvalue weighted by molar-refractivity contribution is -0.0652. The smallest absolute Gasteiger partial charge is 0.260 e. The molecule has 0 spiro atoms. The standard InChI is InChI=1S/C11H21F2N3/c12-11(13)2-1-5-16(10-11)9-8-15-6-3-14-4-7-15/h14H,1-10H2. The second-order valence-electron chi connectivity index (χ2n) is 4.83. The van der Waals surface area contributed by atoms with Gasteiger partial charge in [-0.2, -0.15) is 0 Å². The first kappa shape index (κ1) is 12.2. The third-order valence-electron chi connectivity index (χ3n) is 3.41. The number of alkyl halides is 2. The van der Waals surface area contributed by atoms with Crippen molar-refractivity contribution in [2.24, 2.45) is 0 Å². The van der Waals surface area contributed by atoms with Gasteiger partial charge in [0.25, 0.3) is 5.92 Å². The first-order valence-corrected chi connectivity index (χ1v) is 6.19. The van der Waals surface area contributed by atoms with Crippen LogP contribution in [-0.4, -0.2) is 68.1 Å². The Morgan fingerprint density at radius 1 is 1.00 bits per heavy atom. The van der Waals surface area contributed by atoms with Gasteiger partial charge in [-0.3, -0.25) is 9.80 Å². The minimum Gasteiger partial charge on any atom is -0.314 e. The molecule has 5 heteroatoms. The highest BCUT2D eigenvalue weighted by molar-refractivity contribution is 4.79. The van der Waals surface area contributed by atoms with E-state index in [1.807, 2.05) is 4.90 Å². The molecule has 2 rings (SSSR count). The van der Waals surface area contributed by atoms with Crippen molar-refractivity contribution in [3.05, 3.63) is 0 Å². The lowest BCUT2D eigenvalue weighted by atomic mass is 10.1. The quantitative estimate of drug-likeness (QED) is 0.771. The van der Waals surface area contributed by atoms with Gasteiger partial charge in [0.15, 0.2) is 0 Å². The van der Waals surface area contributed by atoms with E-state index in [9.17, 15) is 8.78 Å². The Balaban J connectivity index is 1.68. The van der Waals surface area contributed by atoms with Crippen LogP contribution < -0.4 is 5.32 Å². The molecule has 0 bridgehead atoms. The van der Waals surface area contributed by atoms with Gasteiger partial charge < -0.3 is 5.32 Å². The normalized spacial score (nSPS) is 28.1. The lowest BCUT2D eigenvalue weighted by Crippen LogP contribution is -2.49. The molecule has 0 aliphatic carbocycles. The molecular weight excluding hydrogens is 212 g/mol. The predicted octanol–water partition coefficient (Wildman–Crippen LogP) is 0.623. The molecule has 2 fully saturated rings. The van der Waals surface area contributed by atoms with Crippen LogP contribution >= 0.6 is 0 Å². The summed E-state index contributed by atoms with van der Waals surface area (Å²) in [5.41, 5.74) is 0. The minimum absolute atomic E-state index is 0.0426. The number of hydrogen-bond donors (Lipinski definition) is 1. The molecule has 0 saturated carbocycles. The van der Waals surface area contributed by atoms with E-state index >= 15 is 0 Å². The largest absolute Gasteiger partial charge is 0.314 e. The summed E-state index contributed by atoms with van der Waals surface area (Å²) < 4.78 is 26.3. The molecule has 0 amide bonds. The van der Waals surface area contributed by atoms with Crippen molar-refractivity contribution in [2.45, 2.75) is 18.8 Å². The minimum atomic E-state index is -2.46.